The van der Waals surface area contributed by atoms with Gasteiger partial charge in [-0.1, -0.05) is 83.8 Å². The van der Waals surface area contributed by atoms with E-state index in [1.54, 1.807) is 0 Å². The van der Waals surface area contributed by atoms with E-state index in [-0.39, 0.29) is 23.4 Å². The minimum Gasteiger partial charge on any atom is -0.393 e. The third kappa shape index (κ3) is 5.37. The minimum absolute atomic E-state index is 0.0914. The first-order valence-electron chi connectivity index (χ1n) is 12.6. The van der Waals surface area contributed by atoms with E-state index >= 15 is 0 Å². The molecule has 0 aromatic heterocycles. The van der Waals surface area contributed by atoms with Gasteiger partial charge in [-0.2, -0.15) is 0 Å². The lowest BCUT2D eigenvalue weighted by Gasteiger charge is -2.47. The average molecular weight is 431 g/mol. The van der Waals surface area contributed by atoms with Crippen LogP contribution in [0.5, 0.6) is 0 Å². The maximum Gasteiger partial charge on any atom is 0.166 e. The van der Waals surface area contributed by atoms with Crippen molar-refractivity contribution in [2.75, 3.05) is 0 Å². The lowest BCUT2D eigenvalue weighted by molar-refractivity contribution is -0.211. The first kappa shape index (κ1) is 24.7. The van der Waals surface area contributed by atoms with Crippen molar-refractivity contribution in [2.45, 2.75) is 104 Å². The highest BCUT2D eigenvalue weighted by Crippen LogP contribution is 2.63. The minimum atomic E-state index is -1.60. The Morgan fingerprint density at radius 2 is 1.81 bits per heavy atom. The Morgan fingerprint density at radius 3 is 2.48 bits per heavy atom. The molecule has 31 heavy (non-hydrogen) atoms. The number of aliphatic hydroxyl groups excluding tert-OH is 1. The van der Waals surface area contributed by atoms with Crippen LogP contribution in [-0.2, 0) is 0 Å². The molecule has 0 bridgehead atoms. The zero-order valence-corrected chi connectivity index (χ0v) is 20.5. The average Bonchev–Trinajstić information content (AvgIpc) is 2.86. The summed E-state index contributed by atoms with van der Waals surface area (Å²) >= 11 is 0. The highest BCUT2D eigenvalue weighted by atomic mass is 16.5. The van der Waals surface area contributed by atoms with Crippen molar-refractivity contribution in [3.8, 4) is 0 Å². The molecule has 3 aliphatic carbocycles. The highest BCUT2D eigenvalue weighted by Gasteiger charge is 2.62. The van der Waals surface area contributed by atoms with E-state index in [9.17, 15) is 15.3 Å². The first-order valence-corrected chi connectivity index (χ1v) is 12.6. The summed E-state index contributed by atoms with van der Waals surface area (Å²) in [7, 11) is 0. The number of hydrogen-bond donors (Lipinski definition) is 3. The fourth-order valence-corrected chi connectivity index (χ4v) is 7.30. The lowest BCUT2D eigenvalue weighted by atomic mass is 9.58. The van der Waals surface area contributed by atoms with Crippen LogP contribution in [0.15, 0.2) is 35.5 Å². The largest absolute Gasteiger partial charge is 0.393 e. The second-order valence-electron chi connectivity index (χ2n) is 11.9. The van der Waals surface area contributed by atoms with Gasteiger partial charge in [-0.15, -0.1) is 0 Å². The number of allylic oxidation sites excluding steroid dienone is 4. The van der Waals surface area contributed by atoms with Gasteiger partial charge >= 0.3 is 0 Å². The SMILES string of the molecule is C=C1CC[C@H](O)C/C1=C\C=C1/CC(C)C[C@]2(C)[C@H]1CC(O)(O)[C@@H]2[C@H](C)CCCC(C)C. The summed E-state index contributed by atoms with van der Waals surface area (Å²) in [5, 5.41) is 32.5. The van der Waals surface area contributed by atoms with Gasteiger partial charge in [-0.05, 0) is 66.8 Å². The molecule has 6 atom stereocenters. The number of rotatable bonds is 6. The number of hydrogen-bond acceptors (Lipinski definition) is 3. The maximum absolute atomic E-state index is 11.2. The lowest BCUT2D eigenvalue weighted by Crippen LogP contribution is -2.45. The number of aliphatic hydroxyl groups is 3. The molecule has 1 unspecified atom stereocenters. The molecule has 3 heteroatoms. The summed E-state index contributed by atoms with van der Waals surface area (Å²) < 4.78 is 0. The molecule has 3 nitrogen and oxygen atoms in total. The van der Waals surface area contributed by atoms with E-state index in [4.69, 9.17) is 0 Å². The van der Waals surface area contributed by atoms with E-state index in [1.165, 1.54) is 12.0 Å². The van der Waals surface area contributed by atoms with Gasteiger partial charge in [-0.25, -0.2) is 0 Å². The van der Waals surface area contributed by atoms with Crippen molar-refractivity contribution in [3.05, 3.63) is 35.5 Å². The Labute approximate surface area is 190 Å². The molecular weight excluding hydrogens is 384 g/mol. The van der Waals surface area contributed by atoms with Crippen LogP contribution < -0.4 is 0 Å². The van der Waals surface area contributed by atoms with Crippen molar-refractivity contribution >= 4 is 0 Å². The van der Waals surface area contributed by atoms with Gasteiger partial charge in [0.15, 0.2) is 5.79 Å². The predicted molar refractivity (Wildman–Crippen MR) is 128 cm³/mol. The molecule has 0 radical (unpaired) electrons. The Kier molecular flexibility index (Phi) is 7.61. The predicted octanol–water partition coefficient (Wildman–Crippen LogP) is 6.16. The molecule has 0 aromatic carbocycles. The van der Waals surface area contributed by atoms with Crippen molar-refractivity contribution in [3.63, 3.8) is 0 Å². The molecule has 0 spiro atoms. The van der Waals surface area contributed by atoms with Gasteiger partial charge in [0.05, 0.1) is 6.10 Å². The van der Waals surface area contributed by atoms with Gasteiger partial charge in [0.1, 0.15) is 0 Å². The van der Waals surface area contributed by atoms with Crippen LogP contribution in [0, 0.1) is 35.0 Å². The van der Waals surface area contributed by atoms with Crippen molar-refractivity contribution in [2.24, 2.45) is 35.0 Å². The van der Waals surface area contributed by atoms with E-state index in [2.05, 4.69) is 53.3 Å². The third-order valence-corrected chi connectivity index (χ3v) is 8.53. The second kappa shape index (κ2) is 9.53. The van der Waals surface area contributed by atoms with E-state index < -0.39 is 5.79 Å². The maximum atomic E-state index is 11.2. The number of fused-ring (bicyclic) bond motifs is 1. The van der Waals surface area contributed by atoms with Gasteiger partial charge in [0, 0.05) is 12.3 Å². The first-order chi connectivity index (χ1) is 14.4. The van der Waals surface area contributed by atoms with Crippen LogP contribution in [0.4, 0.5) is 0 Å². The smallest absolute Gasteiger partial charge is 0.166 e. The van der Waals surface area contributed by atoms with E-state index in [1.807, 2.05) is 0 Å². The summed E-state index contributed by atoms with van der Waals surface area (Å²) in [6.07, 6.45) is 12.4. The van der Waals surface area contributed by atoms with Crippen LogP contribution in [0.2, 0.25) is 0 Å². The van der Waals surface area contributed by atoms with Gasteiger partial charge in [-0.3, -0.25) is 0 Å². The molecule has 3 aliphatic rings. The summed E-state index contributed by atoms with van der Waals surface area (Å²) in [4.78, 5) is 0. The summed E-state index contributed by atoms with van der Waals surface area (Å²) in [6, 6.07) is 0. The standard InChI is InChI=1S/C28H46O3/c1-18(2)8-7-9-21(5)26-27(6)16-19(3)14-23(25(27)17-28(26,30)31)12-11-22-15-24(29)13-10-20(22)4/h11-12,18-19,21,24-26,29-31H,4,7-10,13-17H2,1-3,5-6H3/b22-11+,23-12+/t19?,21-,24+,25+,26-,27-/m1/s1. The van der Waals surface area contributed by atoms with Crippen LogP contribution in [0.3, 0.4) is 0 Å². The molecule has 0 aliphatic heterocycles. The molecule has 0 heterocycles. The van der Waals surface area contributed by atoms with Crippen LogP contribution in [0.25, 0.3) is 0 Å². The zero-order valence-electron chi connectivity index (χ0n) is 20.5. The van der Waals surface area contributed by atoms with Gasteiger partial charge < -0.3 is 15.3 Å². The quantitative estimate of drug-likeness (QED) is 0.443. The van der Waals surface area contributed by atoms with E-state index in [0.717, 1.165) is 49.7 Å². The van der Waals surface area contributed by atoms with Crippen molar-refractivity contribution in [1.29, 1.82) is 0 Å². The normalized spacial score (nSPS) is 39.3. The summed E-state index contributed by atoms with van der Waals surface area (Å²) in [6.45, 7) is 15.6. The Morgan fingerprint density at radius 1 is 1.10 bits per heavy atom. The van der Waals surface area contributed by atoms with Crippen LogP contribution >= 0.6 is 0 Å². The van der Waals surface area contributed by atoms with Crippen molar-refractivity contribution in [1.82, 2.24) is 0 Å². The van der Waals surface area contributed by atoms with Crippen LogP contribution in [-0.4, -0.2) is 27.2 Å². The Hall–Kier alpha value is -0.900. The third-order valence-electron chi connectivity index (χ3n) is 8.53. The molecule has 3 rings (SSSR count). The van der Waals surface area contributed by atoms with Crippen LogP contribution in [0.1, 0.15) is 92.4 Å². The molecule has 0 saturated heterocycles. The second-order valence-corrected chi connectivity index (χ2v) is 11.9. The fourth-order valence-electron chi connectivity index (χ4n) is 7.30. The molecule has 176 valence electrons. The van der Waals surface area contributed by atoms with E-state index in [0.29, 0.717) is 30.6 Å². The topological polar surface area (TPSA) is 60.7 Å². The monoisotopic (exact) mass is 430 g/mol. The molecule has 0 aromatic rings. The fraction of sp³-hybridized carbons (Fsp3) is 0.786. The molecule has 3 saturated carbocycles. The summed E-state index contributed by atoms with van der Waals surface area (Å²) in [5.41, 5.74) is 3.55. The molecule has 3 fully saturated rings. The molecule has 3 N–H and O–H groups in total. The highest BCUT2D eigenvalue weighted by molar-refractivity contribution is 5.36. The molecular formula is C28H46O3. The van der Waals surface area contributed by atoms with Gasteiger partial charge in [0.2, 0.25) is 0 Å². The van der Waals surface area contributed by atoms with Gasteiger partial charge in [0.25, 0.3) is 0 Å². The molecule has 0 amide bonds. The summed E-state index contributed by atoms with van der Waals surface area (Å²) in [5.74, 6) is 0.0272. The Bertz CT molecular complexity index is 716. The van der Waals surface area contributed by atoms with Crippen molar-refractivity contribution < 1.29 is 15.3 Å². The Balaban J connectivity index is 1.86. The zero-order chi connectivity index (χ0) is 23.0.